The average Bonchev–Trinajstić information content (AvgIpc) is 2.75. The first kappa shape index (κ1) is 13.9. The molecule has 96 valence electrons. The van der Waals surface area contributed by atoms with Gasteiger partial charge in [0.05, 0.1) is 18.1 Å². The molecule has 0 aliphatic heterocycles. The molecule has 0 radical (unpaired) electrons. The zero-order valence-corrected chi connectivity index (χ0v) is 10.3. The van der Waals surface area contributed by atoms with E-state index in [0.717, 1.165) is 17.4 Å². The molecule has 0 saturated heterocycles. The van der Waals surface area contributed by atoms with Crippen molar-refractivity contribution in [1.82, 2.24) is 0 Å². The Morgan fingerprint density at radius 2 is 2.17 bits per heavy atom. The number of hydrogen-bond acceptors (Lipinski definition) is 6. The zero-order chi connectivity index (χ0) is 13.5. The zero-order valence-electron chi connectivity index (χ0n) is 9.47. The summed E-state index contributed by atoms with van der Waals surface area (Å²) in [6, 6.07) is 1.51. The summed E-state index contributed by atoms with van der Waals surface area (Å²) in [5.41, 5.74) is 0.233. The summed E-state index contributed by atoms with van der Waals surface area (Å²) in [6.07, 6.45) is 1.41. The van der Waals surface area contributed by atoms with Gasteiger partial charge in [0.15, 0.2) is 0 Å². The standard InChI is InChI=1S/C11H11NO5S/c1-2-17-11(16)7-5-6-18-10(7)12-8(13)3-4-9(14)15/h3-6H,2H2,1H3,(H,12,13)(H,14,15)/p-1. The Balaban J connectivity index is 2.74. The fourth-order valence-electron chi connectivity index (χ4n) is 1.07. The Hall–Kier alpha value is -2.15. The van der Waals surface area contributed by atoms with E-state index in [2.05, 4.69) is 5.32 Å². The molecular weight excluding hydrogens is 258 g/mol. The van der Waals surface area contributed by atoms with E-state index in [1.54, 1.807) is 12.3 Å². The number of carboxylic acids is 1. The Bertz CT molecular complexity index is 491. The van der Waals surface area contributed by atoms with Crippen LogP contribution in [-0.4, -0.2) is 24.5 Å². The molecule has 1 aromatic rings. The predicted octanol–water partition coefficient (Wildman–Crippen LogP) is 0.169. The number of hydrogen-bond donors (Lipinski definition) is 1. The van der Waals surface area contributed by atoms with Crippen molar-refractivity contribution in [3.05, 3.63) is 29.2 Å². The van der Waals surface area contributed by atoms with Crippen molar-refractivity contribution >= 4 is 34.2 Å². The predicted molar refractivity (Wildman–Crippen MR) is 63.1 cm³/mol. The molecule has 0 atom stereocenters. The minimum atomic E-state index is -1.47. The SMILES string of the molecule is CCOC(=O)c1ccsc1NC(=O)C=CC(=O)[O-]. The first-order valence-electron chi connectivity index (χ1n) is 4.99. The van der Waals surface area contributed by atoms with Crippen LogP contribution in [0.25, 0.3) is 0 Å². The maximum Gasteiger partial charge on any atom is 0.341 e. The van der Waals surface area contributed by atoms with E-state index in [0.29, 0.717) is 11.1 Å². The van der Waals surface area contributed by atoms with E-state index >= 15 is 0 Å². The van der Waals surface area contributed by atoms with Crippen molar-refractivity contribution in [1.29, 1.82) is 0 Å². The minimum Gasteiger partial charge on any atom is -0.545 e. The molecule has 1 N–H and O–H groups in total. The van der Waals surface area contributed by atoms with Gasteiger partial charge in [0, 0.05) is 6.08 Å². The fraction of sp³-hybridized carbons (Fsp3) is 0.182. The molecule has 7 heteroatoms. The molecule has 0 saturated carbocycles. The normalized spacial score (nSPS) is 10.3. The highest BCUT2D eigenvalue weighted by Gasteiger charge is 2.14. The van der Waals surface area contributed by atoms with Crippen LogP contribution in [0.15, 0.2) is 23.6 Å². The van der Waals surface area contributed by atoms with E-state index in [1.807, 2.05) is 0 Å². The number of esters is 1. The van der Waals surface area contributed by atoms with Crippen LogP contribution < -0.4 is 10.4 Å². The molecule has 1 amide bonds. The lowest BCUT2D eigenvalue weighted by Crippen LogP contribution is -2.20. The Morgan fingerprint density at radius 1 is 1.44 bits per heavy atom. The van der Waals surface area contributed by atoms with Crippen molar-refractivity contribution in [2.75, 3.05) is 11.9 Å². The van der Waals surface area contributed by atoms with Gasteiger partial charge < -0.3 is 20.0 Å². The largest absolute Gasteiger partial charge is 0.545 e. The van der Waals surface area contributed by atoms with Gasteiger partial charge in [0.25, 0.3) is 0 Å². The number of amides is 1. The van der Waals surface area contributed by atoms with Crippen molar-refractivity contribution in [3.63, 3.8) is 0 Å². The highest BCUT2D eigenvalue weighted by Crippen LogP contribution is 2.23. The second-order valence-corrected chi connectivity index (χ2v) is 3.94. The van der Waals surface area contributed by atoms with Gasteiger partial charge in [-0.1, -0.05) is 0 Å². The van der Waals surface area contributed by atoms with Gasteiger partial charge in [-0.2, -0.15) is 0 Å². The lowest BCUT2D eigenvalue weighted by Gasteiger charge is -2.03. The lowest BCUT2D eigenvalue weighted by atomic mass is 10.3. The third-order valence-electron chi connectivity index (χ3n) is 1.77. The molecule has 1 aromatic heterocycles. The molecule has 1 rings (SSSR count). The number of anilines is 1. The summed E-state index contributed by atoms with van der Waals surface area (Å²) >= 11 is 1.14. The summed E-state index contributed by atoms with van der Waals surface area (Å²) in [7, 11) is 0. The first-order chi connectivity index (χ1) is 8.54. The van der Waals surface area contributed by atoms with Crippen LogP contribution in [-0.2, 0) is 14.3 Å². The molecule has 0 unspecified atom stereocenters. The van der Waals surface area contributed by atoms with Crippen molar-refractivity contribution in [3.8, 4) is 0 Å². The molecule has 1 heterocycles. The lowest BCUT2D eigenvalue weighted by molar-refractivity contribution is -0.297. The first-order valence-corrected chi connectivity index (χ1v) is 5.87. The second kappa shape index (κ2) is 6.55. The van der Waals surface area contributed by atoms with E-state index in [-0.39, 0.29) is 12.2 Å². The fourth-order valence-corrected chi connectivity index (χ4v) is 1.85. The number of aliphatic carboxylic acids is 1. The van der Waals surface area contributed by atoms with Crippen LogP contribution in [0, 0.1) is 0 Å². The topological polar surface area (TPSA) is 95.5 Å². The Labute approximate surface area is 107 Å². The minimum absolute atomic E-state index is 0.229. The molecule has 0 spiro atoms. The number of carbonyl (C=O) groups is 3. The Morgan fingerprint density at radius 3 is 2.78 bits per heavy atom. The summed E-state index contributed by atoms with van der Waals surface area (Å²) in [5.74, 6) is -2.67. The summed E-state index contributed by atoms with van der Waals surface area (Å²) in [6.45, 7) is 1.90. The van der Waals surface area contributed by atoms with Crippen LogP contribution >= 0.6 is 11.3 Å². The number of ether oxygens (including phenoxy) is 1. The maximum absolute atomic E-state index is 11.5. The molecule has 18 heavy (non-hydrogen) atoms. The maximum atomic E-state index is 11.5. The summed E-state index contributed by atoms with van der Waals surface area (Å²) in [5, 5.41) is 14.4. The third kappa shape index (κ3) is 4.02. The van der Waals surface area contributed by atoms with Crippen LogP contribution in [0.1, 0.15) is 17.3 Å². The average molecular weight is 268 g/mol. The number of thiophene rings is 1. The highest BCUT2D eigenvalue weighted by atomic mass is 32.1. The van der Waals surface area contributed by atoms with Crippen molar-refractivity contribution < 1.29 is 24.2 Å². The van der Waals surface area contributed by atoms with Crippen LogP contribution in [0.2, 0.25) is 0 Å². The highest BCUT2D eigenvalue weighted by molar-refractivity contribution is 7.14. The van der Waals surface area contributed by atoms with Crippen molar-refractivity contribution in [2.45, 2.75) is 6.92 Å². The van der Waals surface area contributed by atoms with Gasteiger partial charge in [0.2, 0.25) is 5.91 Å². The third-order valence-corrected chi connectivity index (χ3v) is 2.60. The molecule has 0 bridgehead atoms. The molecule has 0 aliphatic carbocycles. The van der Waals surface area contributed by atoms with E-state index in [1.165, 1.54) is 6.07 Å². The number of rotatable bonds is 5. The smallest absolute Gasteiger partial charge is 0.341 e. The van der Waals surface area contributed by atoms with E-state index in [9.17, 15) is 19.5 Å². The second-order valence-electron chi connectivity index (χ2n) is 3.03. The van der Waals surface area contributed by atoms with E-state index in [4.69, 9.17) is 4.74 Å². The number of nitrogens with one attached hydrogen (secondary N) is 1. The molecular formula is C11H10NO5S-. The van der Waals surface area contributed by atoms with Crippen LogP contribution in [0.4, 0.5) is 5.00 Å². The van der Waals surface area contributed by atoms with Crippen LogP contribution in [0.3, 0.4) is 0 Å². The number of carbonyl (C=O) groups excluding carboxylic acids is 3. The van der Waals surface area contributed by atoms with Crippen molar-refractivity contribution in [2.24, 2.45) is 0 Å². The number of carboxylic acid groups (broad SMARTS) is 1. The quantitative estimate of drug-likeness (QED) is 0.606. The Kier molecular flexibility index (Phi) is 5.06. The van der Waals surface area contributed by atoms with E-state index < -0.39 is 17.8 Å². The van der Waals surface area contributed by atoms with Gasteiger partial charge in [-0.25, -0.2) is 4.79 Å². The summed E-state index contributed by atoms with van der Waals surface area (Å²) < 4.78 is 4.80. The van der Waals surface area contributed by atoms with Gasteiger partial charge in [-0.05, 0) is 24.4 Å². The van der Waals surface area contributed by atoms with Gasteiger partial charge in [-0.3, -0.25) is 4.79 Å². The molecule has 6 nitrogen and oxygen atoms in total. The molecule has 0 fully saturated rings. The van der Waals surface area contributed by atoms with Gasteiger partial charge in [0.1, 0.15) is 5.00 Å². The van der Waals surface area contributed by atoms with Gasteiger partial charge >= 0.3 is 5.97 Å². The molecule has 0 aromatic carbocycles. The molecule has 0 aliphatic rings. The van der Waals surface area contributed by atoms with Crippen LogP contribution in [0.5, 0.6) is 0 Å². The monoisotopic (exact) mass is 268 g/mol. The van der Waals surface area contributed by atoms with Gasteiger partial charge in [-0.15, -0.1) is 11.3 Å². The summed E-state index contributed by atoms with van der Waals surface area (Å²) in [4.78, 5) is 32.9.